The van der Waals surface area contributed by atoms with Crippen LogP contribution < -0.4 is 4.74 Å². The van der Waals surface area contributed by atoms with Gasteiger partial charge < -0.3 is 9.84 Å². The second kappa shape index (κ2) is 6.71. The smallest absolute Gasteiger partial charge is 0.310 e. The number of nitrogens with zero attached hydrogens (tertiary/aromatic N) is 1. The zero-order valence-electron chi connectivity index (χ0n) is 11.9. The van der Waals surface area contributed by atoms with Crippen molar-refractivity contribution in [3.8, 4) is 11.5 Å². The van der Waals surface area contributed by atoms with Gasteiger partial charge in [-0.05, 0) is 36.2 Å². The number of nitro benzene ring substituents is 1. The molecule has 0 saturated carbocycles. The van der Waals surface area contributed by atoms with Gasteiger partial charge in [0.25, 0.3) is 5.69 Å². The lowest BCUT2D eigenvalue weighted by atomic mass is 9.97. The van der Waals surface area contributed by atoms with Crippen molar-refractivity contribution in [1.29, 1.82) is 0 Å². The summed E-state index contributed by atoms with van der Waals surface area (Å²) in [7, 11) is 0. The molecule has 0 radical (unpaired) electrons. The first-order chi connectivity index (χ1) is 10.5. The number of rotatable bonds is 6. The number of aliphatic carboxylic acids is 1. The summed E-state index contributed by atoms with van der Waals surface area (Å²) < 4.78 is 5.57. The van der Waals surface area contributed by atoms with Crippen LogP contribution in [0.15, 0.2) is 48.5 Å². The molecule has 1 atom stereocenters. The monoisotopic (exact) mass is 301 g/mol. The van der Waals surface area contributed by atoms with E-state index >= 15 is 0 Å². The van der Waals surface area contributed by atoms with Crippen LogP contribution in [0.4, 0.5) is 5.69 Å². The number of benzene rings is 2. The molecule has 1 N–H and O–H groups in total. The van der Waals surface area contributed by atoms with Crippen LogP contribution in [0.5, 0.6) is 11.5 Å². The predicted molar refractivity (Wildman–Crippen MR) is 80.3 cm³/mol. The van der Waals surface area contributed by atoms with E-state index in [4.69, 9.17) is 9.84 Å². The van der Waals surface area contributed by atoms with Gasteiger partial charge in [-0.1, -0.05) is 19.1 Å². The fourth-order valence-corrected chi connectivity index (χ4v) is 2.09. The first kappa shape index (κ1) is 15.5. The molecule has 1 unspecified atom stereocenters. The van der Waals surface area contributed by atoms with Crippen LogP contribution in [0.1, 0.15) is 24.8 Å². The van der Waals surface area contributed by atoms with Crippen LogP contribution in [-0.2, 0) is 4.79 Å². The Labute approximate surface area is 127 Å². The minimum atomic E-state index is -0.855. The Balaban J connectivity index is 2.11. The number of non-ortho nitro benzene ring substituents is 1. The van der Waals surface area contributed by atoms with E-state index in [9.17, 15) is 14.9 Å². The quantitative estimate of drug-likeness (QED) is 0.644. The SMILES string of the molecule is CCC(C(=O)O)c1ccc(Oc2ccc([N+](=O)[O-])cc2)cc1. The van der Waals surface area contributed by atoms with Crippen molar-refractivity contribution in [3.05, 3.63) is 64.2 Å². The molecule has 6 nitrogen and oxygen atoms in total. The van der Waals surface area contributed by atoms with E-state index in [2.05, 4.69) is 0 Å². The minimum absolute atomic E-state index is 0.00468. The number of carboxylic acids is 1. The molecule has 0 aliphatic carbocycles. The van der Waals surface area contributed by atoms with Gasteiger partial charge in [0.1, 0.15) is 11.5 Å². The second-order valence-electron chi connectivity index (χ2n) is 4.72. The molecule has 0 aliphatic rings. The Morgan fingerprint density at radius 3 is 2.05 bits per heavy atom. The molecule has 22 heavy (non-hydrogen) atoms. The van der Waals surface area contributed by atoms with E-state index in [1.54, 1.807) is 24.3 Å². The minimum Gasteiger partial charge on any atom is -0.481 e. The Kier molecular flexibility index (Phi) is 4.73. The maximum Gasteiger partial charge on any atom is 0.310 e. The third-order valence-corrected chi connectivity index (χ3v) is 3.27. The van der Waals surface area contributed by atoms with Crippen molar-refractivity contribution in [2.45, 2.75) is 19.3 Å². The van der Waals surface area contributed by atoms with Gasteiger partial charge in [-0.2, -0.15) is 0 Å². The molecule has 0 bridgehead atoms. The summed E-state index contributed by atoms with van der Waals surface area (Å²) in [5, 5.41) is 19.7. The topological polar surface area (TPSA) is 89.7 Å². The normalized spacial score (nSPS) is 11.7. The Bertz CT molecular complexity index is 664. The van der Waals surface area contributed by atoms with Crippen LogP contribution in [-0.4, -0.2) is 16.0 Å². The summed E-state index contributed by atoms with van der Waals surface area (Å²) in [4.78, 5) is 21.2. The number of hydrogen-bond donors (Lipinski definition) is 1. The van der Waals surface area contributed by atoms with Crippen molar-refractivity contribution in [2.24, 2.45) is 0 Å². The van der Waals surface area contributed by atoms with E-state index < -0.39 is 16.8 Å². The number of ether oxygens (including phenoxy) is 1. The second-order valence-corrected chi connectivity index (χ2v) is 4.72. The summed E-state index contributed by atoms with van der Waals surface area (Å²) in [6, 6.07) is 12.5. The molecule has 0 amide bonds. The van der Waals surface area contributed by atoms with E-state index in [0.717, 1.165) is 0 Å². The van der Waals surface area contributed by atoms with Gasteiger partial charge in [0.05, 0.1) is 10.8 Å². The van der Waals surface area contributed by atoms with Crippen molar-refractivity contribution >= 4 is 11.7 Å². The van der Waals surface area contributed by atoms with E-state index in [0.29, 0.717) is 23.5 Å². The summed E-state index contributed by atoms with van der Waals surface area (Å²) in [5.74, 6) is -0.374. The summed E-state index contributed by atoms with van der Waals surface area (Å²) in [6.07, 6.45) is 0.512. The highest BCUT2D eigenvalue weighted by molar-refractivity contribution is 5.76. The summed E-state index contributed by atoms with van der Waals surface area (Å²) >= 11 is 0. The molecule has 0 saturated heterocycles. The third-order valence-electron chi connectivity index (χ3n) is 3.27. The molecule has 0 spiro atoms. The largest absolute Gasteiger partial charge is 0.481 e. The van der Waals surface area contributed by atoms with Gasteiger partial charge in [-0.25, -0.2) is 0 Å². The highest BCUT2D eigenvalue weighted by Crippen LogP contribution is 2.26. The predicted octanol–water partition coefficient (Wildman–Crippen LogP) is 3.97. The van der Waals surface area contributed by atoms with Crippen molar-refractivity contribution in [1.82, 2.24) is 0 Å². The highest BCUT2D eigenvalue weighted by Gasteiger charge is 2.17. The lowest BCUT2D eigenvalue weighted by Crippen LogP contribution is -2.10. The van der Waals surface area contributed by atoms with Crippen LogP contribution in [0.25, 0.3) is 0 Å². The van der Waals surface area contributed by atoms with Crippen molar-refractivity contribution in [2.75, 3.05) is 0 Å². The number of hydrogen-bond acceptors (Lipinski definition) is 4. The average Bonchev–Trinajstić information content (AvgIpc) is 2.50. The molecule has 114 valence electrons. The standard InChI is InChI=1S/C16H15NO5/c1-2-15(16(18)19)11-3-7-13(8-4-11)22-14-9-5-12(6-10-14)17(20)21/h3-10,15H,2H2,1H3,(H,18,19). The molecule has 2 aromatic carbocycles. The van der Waals surface area contributed by atoms with Gasteiger partial charge in [-0.15, -0.1) is 0 Å². The highest BCUT2D eigenvalue weighted by atomic mass is 16.6. The molecule has 2 aromatic rings. The summed E-state index contributed by atoms with van der Waals surface area (Å²) in [5.41, 5.74) is 0.709. The first-order valence-corrected chi connectivity index (χ1v) is 6.76. The zero-order chi connectivity index (χ0) is 16.1. The zero-order valence-corrected chi connectivity index (χ0v) is 11.9. The van der Waals surface area contributed by atoms with Crippen LogP contribution in [0, 0.1) is 10.1 Å². The van der Waals surface area contributed by atoms with E-state index in [-0.39, 0.29) is 5.69 Å². The molecular formula is C16H15NO5. The van der Waals surface area contributed by atoms with Gasteiger partial charge in [0, 0.05) is 12.1 Å². The molecule has 6 heteroatoms. The van der Waals surface area contributed by atoms with E-state index in [1.165, 1.54) is 24.3 Å². The molecule has 0 fully saturated rings. The lowest BCUT2D eigenvalue weighted by Gasteiger charge is -2.11. The maximum absolute atomic E-state index is 11.1. The van der Waals surface area contributed by atoms with E-state index in [1.807, 2.05) is 6.92 Å². The molecule has 0 aromatic heterocycles. The number of carbonyl (C=O) groups is 1. The number of carboxylic acid groups (broad SMARTS) is 1. The summed E-state index contributed by atoms with van der Waals surface area (Å²) in [6.45, 7) is 1.82. The fourth-order valence-electron chi connectivity index (χ4n) is 2.09. The van der Waals surface area contributed by atoms with Gasteiger partial charge >= 0.3 is 5.97 Å². The van der Waals surface area contributed by atoms with Crippen LogP contribution in [0.3, 0.4) is 0 Å². The maximum atomic E-state index is 11.1. The fraction of sp³-hybridized carbons (Fsp3) is 0.188. The number of nitro groups is 1. The van der Waals surface area contributed by atoms with Crippen LogP contribution >= 0.6 is 0 Å². The van der Waals surface area contributed by atoms with Gasteiger partial charge in [0.2, 0.25) is 0 Å². The molecule has 0 aliphatic heterocycles. The Hall–Kier alpha value is -2.89. The first-order valence-electron chi connectivity index (χ1n) is 6.76. The van der Waals surface area contributed by atoms with Gasteiger partial charge in [0.15, 0.2) is 0 Å². The Morgan fingerprint density at radius 1 is 1.14 bits per heavy atom. The van der Waals surface area contributed by atoms with Gasteiger partial charge in [-0.3, -0.25) is 14.9 Å². The molecular weight excluding hydrogens is 286 g/mol. The Morgan fingerprint density at radius 2 is 1.64 bits per heavy atom. The average molecular weight is 301 g/mol. The van der Waals surface area contributed by atoms with Crippen molar-refractivity contribution in [3.63, 3.8) is 0 Å². The molecule has 2 rings (SSSR count). The third kappa shape index (κ3) is 3.60. The lowest BCUT2D eigenvalue weighted by molar-refractivity contribution is -0.384. The molecule has 0 heterocycles. The van der Waals surface area contributed by atoms with Crippen molar-refractivity contribution < 1.29 is 19.6 Å². The van der Waals surface area contributed by atoms with Crippen LogP contribution in [0.2, 0.25) is 0 Å².